The Balaban J connectivity index is 1.64. The molecular weight excluding hydrogens is 342 g/mol. The average molecular weight is 361 g/mol. The minimum Gasteiger partial charge on any atom is -0.508 e. The van der Waals surface area contributed by atoms with E-state index in [0.29, 0.717) is 29.8 Å². The van der Waals surface area contributed by atoms with E-state index in [1.807, 2.05) is 12.1 Å². The molecule has 1 aromatic heterocycles. The van der Waals surface area contributed by atoms with Crippen molar-refractivity contribution in [3.8, 4) is 17.0 Å². The largest absolute Gasteiger partial charge is 0.508 e. The molecular formula is C21H19N3O3. The number of aromatic hydroxyl groups is 1. The number of pyridine rings is 1. The number of carbonyl (C=O) groups is 2. The Bertz CT molecular complexity index is 951. The maximum absolute atomic E-state index is 12.4. The van der Waals surface area contributed by atoms with E-state index in [0.717, 1.165) is 11.1 Å². The zero-order valence-corrected chi connectivity index (χ0v) is 14.6. The number of primary amides is 1. The van der Waals surface area contributed by atoms with E-state index in [2.05, 4.69) is 10.3 Å². The Labute approximate surface area is 156 Å². The molecule has 3 aromatic rings. The van der Waals surface area contributed by atoms with Crippen LogP contribution in [0.25, 0.3) is 11.3 Å². The minimum absolute atomic E-state index is 0.189. The smallest absolute Gasteiger partial charge is 0.251 e. The summed E-state index contributed by atoms with van der Waals surface area (Å²) in [4.78, 5) is 27.8. The van der Waals surface area contributed by atoms with Crippen LogP contribution in [0.1, 0.15) is 26.3 Å². The molecule has 0 unspecified atom stereocenters. The monoisotopic (exact) mass is 361 g/mol. The van der Waals surface area contributed by atoms with Gasteiger partial charge < -0.3 is 16.2 Å². The van der Waals surface area contributed by atoms with Crippen molar-refractivity contribution in [3.05, 3.63) is 83.6 Å². The molecule has 6 heteroatoms. The molecule has 3 rings (SSSR count). The number of aromatic nitrogens is 1. The molecule has 2 amide bonds. The number of amides is 2. The highest BCUT2D eigenvalue weighted by atomic mass is 16.3. The zero-order chi connectivity index (χ0) is 19.2. The van der Waals surface area contributed by atoms with Crippen LogP contribution in [0.5, 0.6) is 5.75 Å². The average Bonchev–Trinajstić information content (AvgIpc) is 2.69. The maximum atomic E-state index is 12.4. The van der Waals surface area contributed by atoms with Gasteiger partial charge in [0.2, 0.25) is 5.91 Å². The maximum Gasteiger partial charge on any atom is 0.251 e. The highest BCUT2D eigenvalue weighted by Gasteiger charge is 2.08. The van der Waals surface area contributed by atoms with Gasteiger partial charge in [-0.25, -0.2) is 0 Å². The summed E-state index contributed by atoms with van der Waals surface area (Å²) in [6, 6.07) is 17.0. The third kappa shape index (κ3) is 4.70. The fourth-order valence-corrected chi connectivity index (χ4v) is 2.62. The Morgan fingerprint density at radius 2 is 1.67 bits per heavy atom. The van der Waals surface area contributed by atoms with Crippen molar-refractivity contribution in [1.29, 1.82) is 0 Å². The molecule has 0 spiro atoms. The summed E-state index contributed by atoms with van der Waals surface area (Å²) in [5.74, 6) is -0.460. The lowest BCUT2D eigenvalue weighted by Gasteiger charge is -2.07. The number of hydrogen-bond donors (Lipinski definition) is 3. The van der Waals surface area contributed by atoms with Crippen LogP contribution in [-0.2, 0) is 6.42 Å². The van der Waals surface area contributed by atoms with E-state index in [-0.39, 0.29) is 11.7 Å². The molecule has 0 aliphatic heterocycles. The molecule has 0 radical (unpaired) electrons. The summed E-state index contributed by atoms with van der Waals surface area (Å²) < 4.78 is 0. The fourth-order valence-electron chi connectivity index (χ4n) is 2.62. The zero-order valence-electron chi connectivity index (χ0n) is 14.6. The molecule has 0 fully saturated rings. The molecule has 27 heavy (non-hydrogen) atoms. The molecule has 0 saturated heterocycles. The Morgan fingerprint density at radius 1 is 0.963 bits per heavy atom. The van der Waals surface area contributed by atoms with Crippen LogP contribution in [0.2, 0.25) is 0 Å². The number of rotatable bonds is 6. The third-order valence-electron chi connectivity index (χ3n) is 4.12. The van der Waals surface area contributed by atoms with Gasteiger partial charge in [-0.3, -0.25) is 14.6 Å². The van der Waals surface area contributed by atoms with E-state index < -0.39 is 5.91 Å². The van der Waals surface area contributed by atoms with Gasteiger partial charge in [0, 0.05) is 29.4 Å². The van der Waals surface area contributed by atoms with Crippen LogP contribution in [0.3, 0.4) is 0 Å². The number of benzene rings is 2. The molecule has 0 saturated carbocycles. The van der Waals surface area contributed by atoms with Crippen molar-refractivity contribution < 1.29 is 14.7 Å². The molecule has 1 heterocycles. The van der Waals surface area contributed by atoms with Gasteiger partial charge >= 0.3 is 0 Å². The van der Waals surface area contributed by atoms with Crippen molar-refractivity contribution in [2.75, 3.05) is 6.54 Å². The molecule has 0 atom stereocenters. The minimum atomic E-state index is -0.490. The van der Waals surface area contributed by atoms with Gasteiger partial charge in [-0.2, -0.15) is 0 Å². The van der Waals surface area contributed by atoms with Crippen molar-refractivity contribution >= 4 is 11.8 Å². The molecule has 2 aromatic carbocycles. The van der Waals surface area contributed by atoms with Crippen LogP contribution in [-0.4, -0.2) is 28.4 Å². The molecule has 0 aliphatic carbocycles. The first-order valence-corrected chi connectivity index (χ1v) is 8.45. The number of nitrogens with zero attached hydrogens (tertiary/aromatic N) is 1. The van der Waals surface area contributed by atoms with Gasteiger partial charge in [0.25, 0.3) is 5.91 Å². The van der Waals surface area contributed by atoms with Crippen molar-refractivity contribution in [2.24, 2.45) is 5.73 Å². The first-order chi connectivity index (χ1) is 13.0. The van der Waals surface area contributed by atoms with Gasteiger partial charge in [0.15, 0.2) is 0 Å². The van der Waals surface area contributed by atoms with E-state index in [1.54, 1.807) is 54.7 Å². The van der Waals surface area contributed by atoms with Gasteiger partial charge in [-0.1, -0.05) is 24.3 Å². The first kappa shape index (κ1) is 18.1. The second kappa shape index (κ2) is 8.14. The number of nitrogens with one attached hydrogen (secondary N) is 1. The standard InChI is InChI=1S/C21H19N3O3/c22-20(26)16-5-3-15(4-6-16)19-13-17(10-12-23-19)21(27)24-11-9-14-1-7-18(25)8-2-14/h1-8,10,12-13,25H,9,11H2,(H2,22,26)(H,24,27). The van der Waals surface area contributed by atoms with E-state index in [9.17, 15) is 14.7 Å². The lowest BCUT2D eigenvalue weighted by molar-refractivity contribution is 0.0952. The number of carbonyl (C=O) groups excluding carboxylic acids is 2. The van der Waals surface area contributed by atoms with E-state index >= 15 is 0 Å². The summed E-state index contributed by atoms with van der Waals surface area (Å²) in [6.45, 7) is 0.481. The lowest BCUT2D eigenvalue weighted by Crippen LogP contribution is -2.25. The van der Waals surface area contributed by atoms with Crippen LogP contribution < -0.4 is 11.1 Å². The Morgan fingerprint density at radius 3 is 2.33 bits per heavy atom. The van der Waals surface area contributed by atoms with Gasteiger partial charge in [-0.15, -0.1) is 0 Å². The Hall–Kier alpha value is -3.67. The predicted molar refractivity (Wildman–Crippen MR) is 102 cm³/mol. The fraction of sp³-hybridized carbons (Fsp3) is 0.0952. The van der Waals surface area contributed by atoms with Gasteiger partial charge in [0.05, 0.1) is 5.69 Å². The van der Waals surface area contributed by atoms with Crippen LogP contribution in [0.4, 0.5) is 0 Å². The molecule has 136 valence electrons. The normalized spacial score (nSPS) is 10.4. The van der Waals surface area contributed by atoms with Crippen molar-refractivity contribution in [3.63, 3.8) is 0 Å². The Kier molecular flexibility index (Phi) is 5.47. The van der Waals surface area contributed by atoms with Gasteiger partial charge in [-0.05, 0) is 48.4 Å². The quantitative estimate of drug-likeness (QED) is 0.627. The number of phenolic OH excluding ortho intramolecular Hbond substituents is 1. The topological polar surface area (TPSA) is 105 Å². The molecule has 4 N–H and O–H groups in total. The number of nitrogens with two attached hydrogens (primary N) is 1. The summed E-state index contributed by atoms with van der Waals surface area (Å²) in [5.41, 5.74) is 8.62. The highest BCUT2D eigenvalue weighted by Crippen LogP contribution is 2.18. The van der Waals surface area contributed by atoms with E-state index in [1.165, 1.54) is 0 Å². The second-order valence-electron chi connectivity index (χ2n) is 6.04. The molecule has 6 nitrogen and oxygen atoms in total. The highest BCUT2D eigenvalue weighted by molar-refractivity contribution is 5.95. The second-order valence-corrected chi connectivity index (χ2v) is 6.04. The predicted octanol–water partition coefficient (Wildman–Crippen LogP) is 2.53. The van der Waals surface area contributed by atoms with Gasteiger partial charge in [0.1, 0.15) is 5.75 Å². The number of hydrogen-bond acceptors (Lipinski definition) is 4. The summed E-state index contributed by atoms with van der Waals surface area (Å²) >= 11 is 0. The third-order valence-corrected chi connectivity index (χ3v) is 4.12. The SMILES string of the molecule is NC(=O)c1ccc(-c2cc(C(=O)NCCc3ccc(O)cc3)ccn2)cc1. The summed E-state index contributed by atoms with van der Waals surface area (Å²) in [7, 11) is 0. The van der Waals surface area contributed by atoms with Crippen LogP contribution in [0.15, 0.2) is 66.9 Å². The summed E-state index contributed by atoms with van der Waals surface area (Å²) in [5, 5.41) is 12.2. The van der Waals surface area contributed by atoms with Crippen LogP contribution in [0, 0.1) is 0 Å². The summed E-state index contributed by atoms with van der Waals surface area (Å²) in [6.07, 6.45) is 2.24. The lowest BCUT2D eigenvalue weighted by atomic mass is 10.1. The molecule has 0 aliphatic rings. The molecule has 0 bridgehead atoms. The van der Waals surface area contributed by atoms with Crippen molar-refractivity contribution in [2.45, 2.75) is 6.42 Å². The van der Waals surface area contributed by atoms with Crippen LogP contribution >= 0.6 is 0 Å². The van der Waals surface area contributed by atoms with E-state index in [4.69, 9.17) is 5.73 Å². The number of phenols is 1. The van der Waals surface area contributed by atoms with Crippen molar-refractivity contribution in [1.82, 2.24) is 10.3 Å². The first-order valence-electron chi connectivity index (χ1n) is 8.45.